The smallest absolute Gasteiger partial charge is 0.329 e. The van der Waals surface area contributed by atoms with Crippen molar-refractivity contribution in [2.45, 2.75) is 78.0 Å². The van der Waals surface area contributed by atoms with Gasteiger partial charge in [-0.1, -0.05) is 34.1 Å². The highest BCUT2D eigenvalue weighted by molar-refractivity contribution is 5.87. The van der Waals surface area contributed by atoms with Crippen molar-refractivity contribution in [2.24, 2.45) is 17.6 Å². The molecule has 2 atom stereocenters. The summed E-state index contributed by atoms with van der Waals surface area (Å²) in [6, 6.07) is -1.22. The molecule has 1 fully saturated rings. The van der Waals surface area contributed by atoms with Crippen molar-refractivity contribution in [3.63, 3.8) is 0 Å². The normalized spacial score (nSPS) is 19.4. The monoisotopic (exact) mass is 298 g/mol. The number of carbonyl (C=O) groups is 2. The molecule has 0 aromatic rings. The van der Waals surface area contributed by atoms with Crippen LogP contribution in [-0.4, -0.2) is 30.1 Å². The molecule has 5 heteroatoms. The Morgan fingerprint density at radius 2 is 1.62 bits per heavy atom. The molecular formula is C16H30N2O3. The summed E-state index contributed by atoms with van der Waals surface area (Å²) in [4.78, 5) is 24.4. The third-order valence-corrected chi connectivity index (χ3v) is 4.07. The first kappa shape index (κ1) is 18.0. The second-order valence-electron chi connectivity index (χ2n) is 6.70. The molecule has 122 valence electrons. The Labute approximate surface area is 128 Å². The number of amides is 1. The first-order valence-corrected chi connectivity index (χ1v) is 8.09. The van der Waals surface area contributed by atoms with E-state index in [0.29, 0.717) is 0 Å². The standard InChI is InChI=1S/C16H30N2O3/c1-10(2)13(17)15(19)18-14(11(3)4)16(20)21-12-8-6-5-7-9-12/h10-14H,5-9,17H2,1-4H3,(H,18,19)/t13-,14-/m0/s1. The van der Waals surface area contributed by atoms with E-state index in [1.807, 2.05) is 27.7 Å². The molecule has 1 rings (SSSR count). The summed E-state index contributed by atoms with van der Waals surface area (Å²) in [6.07, 6.45) is 5.28. The van der Waals surface area contributed by atoms with Crippen molar-refractivity contribution in [1.29, 1.82) is 0 Å². The largest absolute Gasteiger partial charge is 0.461 e. The van der Waals surface area contributed by atoms with Crippen molar-refractivity contribution in [1.82, 2.24) is 5.32 Å². The van der Waals surface area contributed by atoms with Gasteiger partial charge in [-0.05, 0) is 37.5 Å². The van der Waals surface area contributed by atoms with Crippen LogP contribution in [0.4, 0.5) is 0 Å². The van der Waals surface area contributed by atoms with Crippen molar-refractivity contribution in [3.8, 4) is 0 Å². The molecule has 1 amide bonds. The fourth-order valence-corrected chi connectivity index (χ4v) is 2.47. The Bertz CT molecular complexity index is 349. The lowest BCUT2D eigenvalue weighted by molar-refractivity contribution is -0.156. The van der Waals surface area contributed by atoms with Crippen LogP contribution in [-0.2, 0) is 14.3 Å². The number of nitrogens with two attached hydrogens (primary N) is 1. The zero-order valence-electron chi connectivity index (χ0n) is 13.7. The van der Waals surface area contributed by atoms with Gasteiger partial charge in [0.1, 0.15) is 12.1 Å². The number of hydrogen-bond donors (Lipinski definition) is 2. The van der Waals surface area contributed by atoms with Gasteiger partial charge in [0.25, 0.3) is 0 Å². The molecule has 1 saturated carbocycles. The quantitative estimate of drug-likeness (QED) is 0.735. The Hall–Kier alpha value is -1.10. The van der Waals surface area contributed by atoms with E-state index in [9.17, 15) is 9.59 Å². The van der Waals surface area contributed by atoms with E-state index in [1.54, 1.807) is 0 Å². The highest BCUT2D eigenvalue weighted by Crippen LogP contribution is 2.21. The molecule has 0 aromatic carbocycles. The first-order valence-electron chi connectivity index (χ1n) is 8.09. The van der Waals surface area contributed by atoms with E-state index >= 15 is 0 Å². The predicted molar refractivity (Wildman–Crippen MR) is 82.5 cm³/mol. The number of hydrogen-bond acceptors (Lipinski definition) is 4. The SMILES string of the molecule is CC(C)[C@H](N)C(=O)N[C@H](C(=O)OC1CCCCC1)C(C)C. The number of rotatable bonds is 6. The Morgan fingerprint density at radius 1 is 1.05 bits per heavy atom. The molecule has 1 aliphatic rings. The van der Waals surface area contributed by atoms with Crippen molar-refractivity contribution in [3.05, 3.63) is 0 Å². The van der Waals surface area contributed by atoms with E-state index in [-0.39, 0.29) is 29.8 Å². The minimum Gasteiger partial charge on any atom is -0.461 e. The molecule has 21 heavy (non-hydrogen) atoms. The number of carbonyl (C=O) groups excluding carboxylic acids is 2. The van der Waals surface area contributed by atoms with Crippen LogP contribution in [0.2, 0.25) is 0 Å². The number of nitrogens with one attached hydrogen (secondary N) is 1. The van der Waals surface area contributed by atoms with E-state index < -0.39 is 12.1 Å². The molecule has 0 radical (unpaired) electrons. The van der Waals surface area contributed by atoms with Crippen LogP contribution in [0.15, 0.2) is 0 Å². The predicted octanol–water partition coefficient (Wildman–Crippen LogP) is 1.99. The lowest BCUT2D eigenvalue weighted by Crippen LogP contribution is -2.53. The van der Waals surface area contributed by atoms with Crippen LogP contribution < -0.4 is 11.1 Å². The van der Waals surface area contributed by atoms with Gasteiger partial charge in [0.15, 0.2) is 0 Å². The van der Waals surface area contributed by atoms with Crippen LogP contribution in [0, 0.1) is 11.8 Å². The maximum Gasteiger partial charge on any atom is 0.329 e. The number of esters is 1. The van der Waals surface area contributed by atoms with Gasteiger partial charge in [-0.3, -0.25) is 4.79 Å². The summed E-state index contributed by atoms with van der Waals surface area (Å²) in [5.41, 5.74) is 5.83. The third-order valence-electron chi connectivity index (χ3n) is 4.07. The zero-order chi connectivity index (χ0) is 16.0. The van der Waals surface area contributed by atoms with Gasteiger partial charge in [-0.25, -0.2) is 4.79 Å². The Morgan fingerprint density at radius 3 is 2.10 bits per heavy atom. The summed E-state index contributed by atoms with van der Waals surface area (Å²) in [7, 11) is 0. The highest BCUT2D eigenvalue weighted by Gasteiger charge is 2.30. The number of ether oxygens (including phenoxy) is 1. The minimum absolute atomic E-state index is 0.00294. The molecule has 5 nitrogen and oxygen atoms in total. The molecule has 0 unspecified atom stereocenters. The van der Waals surface area contributed by atoms with E-state index in [0.717, 1.165) is 25.7 Å². The van der Waals surface area contributed by atoms with Crippen molar-refractivity contribution in [2.75, 3.05) is 0 Å². The summed E-state index contributed by atoms with van der Waals surface area (Å²) < 4.78 is 5.56. The van der Waals surface area contributed by atoms with Gasteiger partial charge in [0.2, 0.25) is 5.91 Å². The summed E-state index contributed by atoms with van der Waals surface area (Å²) in [5.74, 6) is -0.609. The van der Waals surface area contributed by atoms with Crippen LogP contribution in [0.1, 0.15) is 59.8 Å². The average Bonchev–Trinajstić information content (AvgIpc) is 2.44. The van der Waals surface area contributed by atoms with Gasteiger partial charge in [0, 0.05) is 0 Å². The molecule has 0 bridgehead atoms. The van der Waals surface area contributed by atoms with Gasteiger partial charge < -0.3 is 15.8 Å². The van der Waals surface area contributed by atoms with Crippen molar-refractivity contribution >= 4 is 11.9 Å². The highest BCUT2D eigenvalue weighted by atomic mass is 16.5. The maximum absolute atomic E-state index is 12.3. The molecule has 0 heterocycles. The fourth-order valence-electron chi connectivity index (χ4n) is 2.47. The molecular weight excluding hydrogens is 268 g/mol. The van der Waals surface area contributed by atoms with Crippen molar-refractivity contribution < 1.29 is 14.3 Å². The lowest BCUT2D eigenvalue weighted by Gasteiger charge is -2.27. The lowest BCUT2D eigenvalue weighted by atomic mass is 9.97. The second-order valence-corrected chi connectivity index (χ2v) is 6.70. The minimum atomic E-state index is -0.621. The van der Waals surface area contributed by atoms with Crippen LogP contribution in [0.3, 0.4) is 0 Å². The van der Waals surface area contributed by atoms with Crippen LogP contribution >= 0.6 is 0 Å². The van der Waals surface area contributed by atoms with Gasteiger partial charge >= 0.3 is 5.97 Å². The molecule has 1 aliphatic carbocycles. The molecule has 0 spiro atoms. The van der Waals surface area contributed by atoms with E-state index in [1.165, 1.54) is 6.42 Å². The Balaban J connectivity index is 2.59. The Kier molecular flexibility index (Phi) is 7.15. The molecule has 3 N–H and O–H groups in total. The fraction of sp³-hybridized carbons (Fsp3) is 0.875. The average molecular weight is 298 g/mol. The molecule has 0 aliphatic heterocycles. The summed E-state index contributed by atoms with van der Waals surface area (Å²) >= 11 is 0. The van der Waals surface area contributed by atoms with Gasteiger partial charge in [0.05, 0.1) is 6.04 Å². The molecule has 0 saturated heterocycles. The third kappa shape index (κ3) is 5.65. The van der Waals surface area contributed by atoms with E-state index in [4.69, 9.17) is 10.5 Å². The van der Waals surface area contributed by atoms with E-state index in [2.05, 4.69) is 5.32 Å². The van der Waals surface area contributed by atoms with Gasteiger partial charge in [-0.2, -0.15) is 0 Å². The second kappa shape index (κ2) is 8.37. The van der Waals surface area contributed by atoms with Crippen LogP contribution in [0.25, 0.3) is 0 Å². The topological polar surface area (TPSA) is 81.4 Å². The van der Waals surface area contributed by atoms with Gasteiger partial charge in [-0.15, -0.1) is 0 Å². The molecule has 0 aromatic heterocycles. The van der Waals surface area contributed by atoms with Crippen LogP contribution in [0.5, 0.6) is 0 Å². The zero-order valence-corrected chi connectivity index (χ0v) is 13.7. The first-order chi connectivity index (χ1) is 9.82. The summed E-state index contributed by atoms with van der Waals surface area (Å²) in [6.45, 7) is 7.56. The summed E-state index contributed by atoms with van der Waals surface area (Å²) in [5, 5.41) is 2.75. The maximum atomic E-state index is 12.3.